The van der Waals surface area contributed by atoms with Crippen LogP contribution in [-0.4, -0.2) is 30.2 Å². The van der Waals surface area contributed by atoms with Crippen LogP contribution in [0.3, 0.4) is 0 Å². The molecule has 0 saturated heterocycles. The quantitative estimate of drug-likeness (QED) is 0.225. The van der Waals surface area contributed by atoms with E-state index in [1.165, 1.54) is 81.9 Å². The zero-order valence-electron chi connectivity index (χ0n) is 17.3. The highest BCUT2D eigenvalue weighted by Crippen LogP contribution is 2.31. The SMILES string of the molecule is C=CC(CCC(C)(C)CC)[N+](CCCC)(CCCC)CCCC. The maximum absolute atomic E-state index is 4.26. The first-order valence-corrected chi connectivity index (χ1v) is 10.4. The predicted molar refractivity (Wildman–Crippen MR) is 107 cm³/mol. The lowest BCUT2D eigenvalue weighted by molar-refractivity contribution is -0.946. The molecule has 0 aliphatic carbocycles. The highest BCUT2D eigenvalue weighted by Gasteiger charge is 2.34. The van der Waals surface area contributed by atoms with E-state index in [1.807, 2.05) is 0 Å². The minimum absolute atomic E-state index is 0.469. The molecular formula is C22H46N+. The first-order valence-electron chi connectivity index (χ1n) is 10.4. The van der Waals surface area contributed by atoms with Crippen molar-refractivity contribution in [2.75, 3.05) is 19.6 Å². The van der Waals surface area contributed by atoms with Crippen LogP contribution in [0.5, 0.6) is 0 Å². The Morgan fingerprint density at radius 1 is 0.870 bits per heavy atom. The van der Waals surface area contributed by atoms with Gasteiger partial charge in [0, 0.05) is 6.42 Å². The van der Waals surface area contributed by atoms with Crippen LogP contribution in [0, 0.1) is 5.41 Å². The second-order valence-corrected chi connectivity index (χ2v) is 8.31. The number of nitrogens with zero attached hydrogens (tertiary/aromatic N) is 1. The summed E-state index contributed by atoms with van der Waals surface area (Å²) in [7, 11) is 0. The molecule has 0 aromatic heterocycles. The molecule has 0 aliphatic rings. The van der Waals surface area contributed by atoms with Crippen LogP contribution in [0.15, 0.2) is 12.7 Å². The number of quaternary nitrogens is 1. The third kappa shape index (κ3) is 8.38. The molecule has 138 valence electrons. The summed E-state index contributed by atoms with van der Waals surface area (Å²) in [6.45, 7) is 22.5. The van der Waals surface area contributed by atoms with Crippen molar-refractivity contribution in [3.8, 4) is 0 Å². The van der Waals surface area contributed by atoms with E-state index < -0.39 is 0 Å². The van der Waals surface area contributed by atoms with Crippen LogP contribution in [-0.2, 0) is 0 Å². The summed E-state index contributed by atoms with van der Waals surface area (Å²) >= 11 is 0. The second-order valence-electron chi connectivity index (χ2n) is 8.31. The fourth-order valence-corrected chi connectivity index (χ4v) is 3.58. The molecule has 23 heavy (non-hydrogen) atoms. The van der Waals surface area contributed by atoms with Gasteiger partial charge in [-0.05, 0) is 37.2 Å². The fourth-order valence-electron chi connectivity index (χ4n) is 3.58. The summed E-state index contributed by atoms with van der Waals surface area (Å²) < 4.78 is 1.30. The van der Waals surface area contributed by atoms with E-state index in [4.69, 9.17) is 0 Å². The van der Waals surface area contributed by atoms with Gasteiger partial charge in [-0.2, -0.15) is 0 Å². The van der Waals surface area contributed by atoms with Crippen molar-refractivity contribution >= 4 is 0 Å². The highest BCUT2D eigenvalue weighted by molar-refractivity contribution is 4.84. The molecule has 0 fully saturated rings. The molecule has 0 aromatic carbocycles. The van der Waals surface area contributed by atoms with Crippen LogP contribution >= 0.6 is 0 Å². The molecular weight excluding hydrogens is 278 g/mol. The van der Waals surface area contributed by atoms with Gasteiger partial charge in [-0.1, -0.05) is 73.8 Å². The summed E-state index contributed by atoms with van der Waals surface area (Å²) in [4.78, 5) is 0. The Bertz CT molecular complexity index is 271. The topological polar surface area (TPSA) is 0 Å². The van der Waals surface area contributed by atoms with Crippen molar-refractivity contribution in [2.24, 2.45) is 5.41 Å². The zero-order chi connectivity index (χ0) is 17.8. The number of rotatable bonds is 15. The van der Waals surface area contributed by atoms with Gasteiger partial charge in [0.15, 0.2) is 0 Å². The van der Waals surface area contributed by atoms with E-state index in [2.05, 4.69) is 54.2 Å². The standard InChI is InChI=1S/C22H46N/c1-8-13-18-23(19-14-9-2,20-15-10-3)21(11-4)16-17-22(6,7)12-5/h11,21H,4,8-10,12-20H2,1-3,5-7H3/q+1. The summed E-state index contributed by atoms with van der Waals surface area (Å²) in [6, 6.07) is 0.644. The van der Waals surface area contributed by atoms with Crippen molar-refractivity contribution in [2.45, 2.75) is 105 Å². The summed E-state index contributed by atoms with van der Waals surface area (Å²) in [6.07, 6.45) is 14.2. The Labute approximate surface area is 148 Å². The average Bonchev–Trinajstić information content (AvgIpc) is 2.55. The minimum atomic E-state index is 0.469. The van der Waals surface area contributed by atoms with Crippen molar-refractivity contribution in [3.05, 3.63) is 12.7 Å². The normalized spacial score (nSPS) is 14.0. The Balaban J connectivity index is 5.21. The second kappa shape index (κ2) is 12.1. The first-order chi connectivity index (χ1) is 10.9. The average molecular weight is 325 g/mol. The Kier molecular flexibility index (Phi) is 12.0. The minimum Gasteiger partial charge on any atom is -0.318 e. The molecule has 1 nitrogen and oxygen atoms in total. The summed E-state index contributed by atoms with van der Waals surface area (Å²) in [5.74, 6) is 0. The van der Waals surface area contributed by atoms with Crippen molar-refractivity contribution in [3.63, 3.8) is 0 Å². The molecule has 0 radical (unpaired) electrons. The third-order valence-corrected chi connectivity index (χ3v) is 5.92. The molecule has 0 spiro atoms. The Morgan fingerprint density at radius 2 is 1.30 bits per heavy atom. The number of hydrogen-bond donors (Lipinski definition) is 0. The molecule has 1 heteroatoms. The molecule has 0 bridgehead atoms. The lowest BCUT2D eigenvalue weighted by atomic mass is 9.83. The molecule has 0 N–H and O–H groups in total. The van der Waals surface area contributed by atoms with E-state index >= 15 is 0 Å². The lowest BCUT2D eigenvalue weighted by Gasteiger charge is -2.45. The largest absolute Gasteiger partial charge is 0.318 e. The van der Waals surface area contributed by atoms with Crippen LogP contribution in [0.4, 0.5) is 0 Å². The number of unbranched alkanes of at least 4 members (excludes halogenated alkanes) is 3. The highest BCUT2D eigenvalue weighted by atomic mass is 15.4. The fraction of sp³-hybridized carbons (Fsp3) is 0.909. The van der Waals surface area contributed by atoms with Gasteiger partial charge in [0.1, 0.15) is 6.04 Å². The van der Waals surface area contributed by atoms with Crippen LogP contribution < -0.4 is 0 Å². The van der Waals surface area contributed by atoms with Crippen molar-refractivity contribution in [1.29, 1.82) is 0 Å². The number of hydrogen-bond acceptors (Lipinski definition) is 0. The monoisotopic (exact) mass is 324 g/mol. The molecule has 0 amide bonds. The van der Waals surface area contributed by atoms with Gasteiger partial charge in [0.05, 0.1) is 19.6 Å². The van der Waals surface area contributed by atoms with E-state index in [9.17, 15) is 0 Å². The summed E-state index contributed by atoms with van der Waals surface area (Å²) in [5.41, 5.74) is 0.469. The van der Waals surface area contributed by atoms with Gasteiger partial charge in [-0.3, -0.25) is 0 Å². The lowest BCUT2D eigenvalue weighted by Crippen LogP contribution is -2.56. The van der Waals surface area contributed by atoms with Crippen molar-refractivity contribution in [1.82, 2.24) is 0 Å². The van der Waals surface area contributed by atoms with Crippen LogP contribution in [0.1, 0.15) is 99.3 Å². The summed E-state index contributed by atoms with van der Waals surface area (Å²) in [5, 5.41) is 0. The maximum atomic E-state index is 4.26. The zero-order valence-corrected chi connectivity index (χ0v) is 17.3. The third-order valence-electron chi connectivity index (χ3n) is 5.92. The van der Waals surface area contributed by atoms with E-state index in [0.29, 0.717) is 11.5 Å². The molecule has 0 heterocycles. The van der Waals surface area contributed by atoms with E-state index in [-0.39, 0.29) is 0 Å². The van der Waals surface area contributed by atoms with Crippen molar-refractivity contribution < 1.29 is 4.48 Å². The van der Waals surface area contributed by atoms with Gasteiger partial charge in [-0.15, -0.1) is 0 Å². The predicted octanol–water partition coefficient (Wildman–Crippen LogP) is 6.97. The molecule has 0 aromatic rings. The molecule has 1 unspecified atom stereocenters. The Morgan fingerprint density at radius 3 is 1.61 bits per heavy atom. The van der Waals surface area contributed by atoms with Crippen LogP contribution in [0.2, 0.25) is 0 Å². The first kappa shape index (κ1) is 22.7. The van der Waals surface area contributed by atoms with Gasteiger partial charge in [0.25, 0.3) is 0 Å². The Hall–Kier alpha value is -0.300. The van der Waals surface area contributed by atoms with Gasteiger partial charge >= 0.3 is 0 Å². The maximum Gasteiger partial charge on any atom is 0.107 e. The molecule has 0 aliphatic heterocycles. The molecule has 0 rings (SSSR count). The van der Waals surface area contributed by atoms with Gasteiger partial charge in [0.2, 0.25) is 0 Å². The van der Waals surface area contributed by atoms with Crippen LogP contribution in [0.25, 0.3) is 0 Å². The van der Waals surface area contributed by atoms with E-state index in [0.717, 1.165) is 0 Å². The molecule has 0 saturated carbocycles. The van der Waals surface area contributed by atoms with Gasteiger partial charge in [-0.25, -0.2) is 0 Å². The van der Waals surface area contributed by atoms with Gasteiger partial charge < -0.3 is 4.48 Å². The molecule has 1 atom stereocenters. The van der Waals surface area contributed by atoms with E-state index in [1.54, 1.807) is 0 Å². The smallest absolute Gasteiger partial charge is 0.107 e.